The first-order valence-corrected chi connectivity index (χ1v) is 8.05. The van der Waals surface area contributed by atoms with Crippen LogP contribution in [0.5, 0.6) is 5.75 Å². The summed E-state index contributed by atoms with van der Waals surface area (Å²) in [6, 6.07) is 11.5. The van der Waals surface area contributed by atoms with Crippen LogP contribution < -0.4 is 15.4 Å². The summed E-state index contributed by atoms with van der Waals surface area (Å²) in [6.45, 7) is 2.87. The molecule has 1 atom stereocenters. The zero-order valence-electron chi connectivity index (χ0n) is 13.7. The lowest BCUT2D eigenvalue weighted by Gasteiger charge is -2.35. The van der Waals surface area contributed by atoms with Gasteiger partial charge in [0.05, 0.1) is 13.7 Å². The Hall–Kier alpha value is -2.44. The second-order valence-corrected chi connectivity index (χ2v) is 5.76. The first-order chi connectivity index (χ1) is 11.8. The van der Waals surface area contributed by atoms with Gasteiger partial charge in [-0.1, -0.05) is 12.1 Å². The summed E-state index contributed by atoms with van der Waals surface area (Å²) in [7, 11) is 1.61. The molecule has 6 heteroatoms. The average molecular weight is 326 g/mol. The Morgan fingerprint density at radius 3 is 3.12 bits per heavy atom. The lowest BCUT2D eigenvalue weighted by Crippen LogP contribution is -2.48. The number of pyridine rings is 1. The van der Waals surface area contributed by atoms with Crippen molar-refractivity contribution in [3.63, 3.8) is 0 Å². The Morgan fingerprint density at radius 2 is 2.33 bits per heavy atom. The van der Waals surface area contributed by atoms with Gasteiger partial charge in [0.1, 0.15) is 5.75 Å². The van der Waals surface area contributed by atoms with Gasteiger partial charge in [0.25, 0.3) is 0 Å². The van der Waals surface area contributed by atoms with Crippen molar-refractivity contribution < 1.29 is 9.53 Å². The van der Waals surface area contributed by atoms with E-state index in [1.165, 1.54) is 0 Å². The van der Waals surface area contributed by atoms with Crippen molar-refractivity contribution in [3.05, 3.63) is 54.4 Å². The molecule has 1 unspecified atom stereocenters. The number of carbonyl (C=O) groups excluding carboxylic acids is 1. The molecule has 126 valence electrons. The Balaban J connectivity index is 1.65. The largest absolute Gasteiger partial charge is 0.497 e. The van der Waals surface area contributed by atoms with Crippen molar-refractivity contribution in [2.24, 2.45) is 0 Å². The Labute approximate surface area is 141 Å². The number of hydrogen-bond acceptors (Lipinski definition) is 5. The number of amides is 1. The minimum absolute atomic E-state index is 0.0287. The maximum atomic E-state index is 12.4. The van der Waals surface area contributed by atoms with E-state index in [0.29, 0.717) is 6.54 Å². The zero-order chi connectivity index (χ0) is 16.8. The number of ether oxygens (including phenoxy) is 1. The third-order valence-electron chi connectivity index (χ3n) is 4.12. The van der Waals surface area contributed by atoms with Crippen LogP contribution in [0.3, 0.4) is 0 Å². The van der Waals surface area contributed by atoms with Crippen molar-refractivity contribution in [2.45, 2.75) is 6.04 Å². The molecule has 2 aromatic rings. The van der Waals surface area contributed by atoms with Crippen LogP contribution >= 0.6 is 0 Å². The predicted molar refractivity (Wildman–Crippen MR) is 93.0 cm³/mol. The number of methoxy groups -OCH3 is 1. The fourth-order valence-electron chi connectivity index (χ4n) is 2.92. The monoisotopic (exact) mass is 326 g/mol. The van der Waals surface area contributed by atoms with Crippen LogP contribution in [-0.4, -0.2) is 49.1 Å². The highest BCUT2D eigenvalue weighted by atomic mass is 16.5. The number of nitrogens with zero attached hydrogens (tertiary/aromatic N) is 2. The van der Waals surface area contributed by atoms with E-state index in [-0.39, 0.29) is 11.9 Å². The van der Waals surface area contributed by atoms with Gasteiger partial charge in [0, 0.05) is 49.8 Å². The van der Waals surface area contributed by atoms with E-state index in [0.717, 1.165) is 36.6 Å². The normalized spacial score (nSPS) is 18.1. The molecule has 1 amide bonds. The minimum Gasteiger partial charge on any atom is -0.497 e. The Bertz CT molecular complexity index is 678. The molecular weight excluding hydrogens is 304 g/mol. The zero-order valence-corrected chi connectivity index (χ0v) is 13.7. The van der Waals surface area contributed by atoms with Gasteiger partial charge in [-0.05, 0) is 23.8 Å². The summed E-state index contributed by atoms with van der Waals surface area (Å²) in [4.78, 5) is 18.8. The molecular formula is C18H22N4O2. The highest BCUT2D eigenvalue weighted by Crippen LogP contribution is 2.21. The second-order valence-electron chi connectivity index (χ2n) is 5.76. The highest BCUT2D eigenvalue weighted by molar-refractivity contribution is 5.92. The quantitative estimate of drug-likeness (QED) is 0.875. The molecule has 0 aliphatic carbocycles. The van der Waals surface area contributed by atoms with E-state index in [1.807, 2.05) is 36.5 Å². The molecule has 2 heterocycles. The van der Waals surface area contributed by atoms with Crippen molar-refractivity contribution in [1.82, 2.24) is 15.2 Å². The molecule has 0 bridgehead atoms. The van der Waals surface area contributed by atoms with Crippen molar-refractivity contribution in [2.75, 3.05) is 38.6 Å². The van der Waals surface area contributed by atoms with Crippen LogP contribution in [-0.2, 0) is 4.79 Å². The fourth-order valence-corrected chi connectivity index (χ4v) is 2.92. The molecule has 1 aliphatic rings. The van der Waals surface area contributed by atoms with Gasteiger partial charge in [0.15, 0.2) is 0 Å². The molecule has 6 nitrogen and oxygen atoms in total. The number of carbonyl (C=O) groups is 1. The standard InChI is InChI=1S/C18H22N4O2/c1-24-16-6-2-5-15(10-16)21-18(23)13-22-9-8-20-12-17(22)14-4-3-7-19-11-14/h2-7,10-11,17,20H,8-9,12-13H2,1H3,(H,21,23). The van der Waals surface area contributed by atoms with Gasteiger partial charge < -0.3 is 15.4 Å². The Kier molecular flexibility index (Phi) is 5.40. The van der Waals surface area contributed by atoms with Crippen LogP contribution in [0.4, 0.5) is 5.69 Å². The molecule has 1 aromatic heterocycles. The molecule has 1 saturated heterocycles. The van der Waals surface area contributed by atoms with Crippen LogP contribution in [0.15, 0.2) is 48.8 Å². The topological polar surface area (TPSA) is 66.5 Å². The molecule has 3 rings (SSSR count). The number of piperazine rings is 1. The molecule has 0 radical (unpaired) electrons. The van der Waals surface area contributed by atoms with Crippen LogP contribution in [0, 0.1) is 0 Å². The lowest BCUT2D eigenvalue weighted by atomic mass is 10.1. The van der Waals surface area contributed by atoms with E-state index >= 15 is 0 Å². The first kappa shape index (κ1) is 16.4. The number of hydrogen-bond donors (Lipinski definition) is 2. The number of rotatable bonds is 5. The summed E-state index contributed by atoms with van der Waals surface area (Å²) < 4.78 is 5.18. The van der Waals surface area contributed by atoms with E-state index < -0.39 is 0 Å². The summed E-state index contributed by atoms with van der Waals surface area (Å²) >= 11 is 0. The molecule has 1 fully saturated rings. The number of anilines is 1. The maximum Gasteiger partial charge on any atom is 0.238 e. The second kappa shape index (κ2) is 7.90. The fraction of sp³-hybridized carbons (Fsp3) is 0.333. The van der Waals surface area contributed by atoms with Crippen molar-refractivity contribution in [1.29, 1.82) is 0 Å². The van der Waals surface area contributed by atoms with Gasteiger partial charge in [-0.25, -0.2) is 0 Å². The first-order valence-electron chi connectivity index (χ1n) is 8.05. The van der Waals surface area contributed by atoms with Crippen LogP contribution in [0.25, 0.3) is 0 Å². The summed E-state index contributed by atoms with van der Waals surface area (Å²) in [5, 5.41) is 6.32. The summed E-state index contributed by atoms with van der Waals surface area (Å²) in [6.07, 6.45) is 3.63. The average Bonchev–Trinajstić information content (AvgIpc) is 2.63. The smallest absolute Gasteiger partial charge is 0.238 e. The van der Waals surface area contributed by atoms with Crippen LogP contribution in [0.1, 0.15) is 11.6 Å². The van der Waals surface area contributed by atoms with Gasteiger partial charge >= 0.3 is 0 Å². The van der Waals surface area contributed by atoms with Gasteiger partial charge in [-0.2, -0.15) is 0 Å². The number of nitrogens with one attached hydrogen (secondary N) is 2. The maximum absolute atomic E-state index is 12.4. The van der Waals surface area contributed by atoms with Crippen LogP contribution in [0.2, 0.25) is 0 Å². The van der Waals surface area contributed by atoms with Gasteiger partial charge in [0.2, 0.25) is 5.91 Å². The number of aromatic nitrogens is 1. The molecule has 1 aliphatic heterocycles. The van der Waals surface area contributed by atoms with Gasteiger partial charge in [-0.15, -0.1) is 0 Å². The lowest BCUT2D eigenvalue weighted by molar-refractivity contribution is -0.118. The van der Waals surface area contributed by atoms with E-state index in [2.05, 4.69) is 26.6 Å². The third-order valence-corrected chi connectivity index (χ3v) is 4.12. The minimum atomic E-state index is -0.0287. The van der Waals surface area contributed by atoms with E-state index in [4.69, 9.17) is 4.74 Å². The molecule has 0 spiro atoms. The summed E-state index contributed by atoms with van der Waals surface area (Å²) in [5.41, 5.74) is 1.87. The molecule has 0 saturated carbocycles. The van der Waals surface area contributed by atoms with Gasteiger partial charge in [-0.3, -0.25) is 14.7 Å². The molecule has 2 N–H and O–H groups in total. The van der Waals surface area contributed by atoms with E-state index in [1.54, 1.807) is 13.3 Å². The van der Waals surface area contributed by atoms with Crippen molar-refractivity contribution in [3.8, 4) is 5.75 Å². The molecule has 24 heavy (non-hydrogen) atoms. The SMILES string of the molecule is COc1cccc(NC(=O)CN2CCNCC2c2cccnc2)c1. The Morgan fingerprint density at radius 1 is 1.42 bits per heavy atom. The third kappa shape index (κ3) is 4.10. The highest BCUT2D eigenvalue weighted by Gasteiger charge is 2.25. The molecule has 1 aromatic carbocycles. The van der Waals surface area contributed by atoms with E-state index in [9.17, 15) is 4.79 Å². The van der Waals surface area contributed by atoms with Crippen molar-refractivity contribution >= 4 is 11.6 Å². The summed E-state index contributed by atoms with van der Waals surface area (Å²) in [5.74, 6) is 0.697. The number of benzene rings is 1. The predicted octanol–water partition coefficient (Wildman–Crippen LogP) is 1.68.